The molecule has 2 amide bonds. The Morgan fingerprint density at radius 3 is 2.71 bits per heavy atom. The summed E-state index contributed by atoms with van der Waals surface area (Å²) in [5.41, 5.74) is 0.695. The smallest absolute Gasteiger partial charge is 0.338 e. The second-order valence-electron chi connectivity index (χ2n) is 6.70. The summed E-state index contributed by atoms with van der Waals surface area (Å²) in [7, 11) is 0. The van der Waals surface area contributed by atoms with Crippen LogP contribution in [0.4, 0.5) is 17.1 Å². The summed E-state index contributed by atoms with van der Waals surface area (Å²) in [5, 5.41) is 13.8. The number of esters is 1. The minimum Gasteiger partial charge on any atom is -0.487 e. The van der Waals surface area contributed by atoms with Crippen molar-refractivity contribution in [2.24, 2.45) is 0 Å². The summed E-state index contributed by atoms with van der Waals surface area (Å²) in [4.78, 5) is 48.4. The molecule has 2 aromatic carbocycles. The number of hydrogen-bond donors (Lipinski definition) is 1. The van der Waals surface area contributed by atoms with Crippen molar-refractivity contribution >= 4 is 34.8 Å². The van der Waals surface area contributed by atoms with Gasteiger partial charge in [-0.05, 0) is 43.7 Å². The second kappa shape index (κ2) is 9.70. The summed E-state index contributed by atoms with van der Waals surface area (Å²) in [6.45, 7) is 1.97. The van der Waals surface area contributed by atoms with Gasteiger partial charge in [-0.1, -0.05) is 6.07 Å². The SMILES string of the molecule is CCOc1ccc(C(=O)OCC(=O)Nc2cccc(N3CCCC3=O)c2)cc1[N+](=O)[O-]. The van der Waals surface area contributed by atoms with Crippen LogP contribution in [0.2, 0.25) is 0 Å². The molecular weight excluding hydrogens is 406 g/mol. The Labute approximate surface area is 177 Å². The highest BCUT2D eigenvalue weighted by Gasteiger charge is 2.22. The lowest BCUT2D eigenvalue weighted by Gasteiger charge is -2.16. The molecule has 0 bridgehead atoms. The molecule has 0 unspecified atom stereocenters. The average Bonchev–Trinajstić information content (AvgIpc) is 3.18. The Kier molecular flexibility index (Phi) is 6.81. The Morgan fingerprint density at radius 2 is 2.03 bits per heavy atom. The molecule has 1 heterocycles. The van der Waals surface area contributed by atoms with Crippen molar-refractivity contribution < 1.29 is 28.8 Å². The number of amides is 2. The van der Waals surface area contributed by atoms with E-state index in [1.165, 1.54) is 12.1 Å². The van der Waals surface area contributed by atoms with Gasteiger partial charge >= 0.3 is 11.7 Å². The maximum Gasteiger partial charge on any atom is 0.338 e. The number of nitro benzene ring substituents is 1. The molecule has 31 heavy (non-hydrogen) atoms. The highest BCUT2D eigenvalue weighted by Crippen LogP contribution is 2.28. The van der Waals surface area contributed by atoms with Gasteiger partial charge < -0.3 is 19.7 Å². The number of anilines is 2. The number of ether oxygens (including phenoxy) is 2. The van der Waals surface area contributed by atoms with Crippen LogP contribution in [0, 0.1) is 10.1 Å². The number of nitro groups is 1. The topological polar surface area (TPSA) is 128 Å². The third kappa shape index (κ3) is 5.35. The molecule has 0 spiro atoms. The minimum atomic E-state index is -0.877. The molecule has 10 nitrogen and oxygen atoms in total. The zero-order valence-electron chi connectivity index (χ0n) is 16.8. The van der Waals surface area contributed by atoms with E-state index in [4.69, 9.17) is 9.47 Å². The largest absolute Gasteiger partial charge is 0.487 e. The van der Waals surface area contributed by atoms with Gasteiger partial charge in [0.15, 0.2) is 12.4 Å². The van der Waals surface area contributed by atoms with Crippen LogP contribution in [0.15, 0.2) is 42.5 Å². The van der Waals surface area contributed by atoms with Gasteiger partial charge in [-0.25, -0.2) is 4.79 Å². The Hall–Kier alpha value is -3.95. The fourth-order valence-electron chi connectivity index (χ4n) is 3.15. The number of carbonyl (C=O) groups excluding carboxylic acids is 3. The van der Waals surface area contributed by atoms with Gasteiger partial charge in [-0.15, -0.1) is 0 Å². The van der Waals surface area contributed by atoms with E-state index >= 15 is 0 Å². The number of nitrogens with one attached hydrogen (secondary N) is 1. The number of hydrogen-bond acceptors (Lipinski definition) is 7. The van der Waals surface area contributed by atoms with Crippen molar-refractivity contribution in [3.05, 3.63) is 58.1 Å². The lowest BCUT2D eigenvalue weighted by atomic mass is 10.2. The Bertz CT molecular complexity index is 1020. The number of carbonyl (C=O) groups is 3. The molecule has 2 aromatic rings. The van der Waals surface area contributed by atoms with E-state index in [1.54, 1.807) is 36.1 Å². The lowest BCUT2D eigenvalue weighted by Crippen LogP contribution is -2.24. The van der Waals surface area contributed by atoms with Gasteiger partial charge in [0.1, 0.15) is 0 Å². The molecule has 0 aliphatic carbocycles. The van der Waals surface area contributed by atoms with Crippen molar-refractivity contribution in [1.29, 1.82) is 0 Å². The summed E-state index contributed by atoms with van der Waals surface area (Å²) in [6, 6.07) is 10.5. The monoisotopic (exact) mass is 427 g/mol. The van der Waals surface area contributed by atoms with Gasteiger partial charge in [0.25, 0.3) is 5.91 Å². The van der Waals surface area contributed by atoms with Crippen LogP contribution in [0.3, 0.4) is 0 Å². The van der Waals surface area contributed by atoms with Gasteiger partial charge in [-0.3, -0.25) is 19.7 Å². The van der Waals surface area contributed by atoms with Crippen molar-refractivity contribution in [2.75, 3.05) is 30.0 Å². The maximum absolute atomic E-state index is 12.2. The van der Waals surface area contributed by atoms with Gasteiger partial charge in [0.05, 0.1) is 17.1 Å². The van der Waals surface area contributed by atoms with Crippen LogP contribution in [0.1, 0.15) is 30.1 Å². The van der Waals surface area contributed by atoms with Gasteiger partial charge in [-0.2, -0.15) is 0 Å². The van der Waals surface area contributed by atoms with Crippen molar-refractivity contribution in [2.45, 2.75) is 19.8 Å². The first-order chi connectivity index (χ1) is 14.9. The number of benzene rings is 2. The van der Waals surface area contributed by atoms with E-state index < -0.39 is 23.4 Å². The molecule has 1 fully saturated rings. The fourth-order valence-corrected chi connectivity index (χ4v) is 3.15. The van der Waals surface area contributed by atoms with Gasteiger partial charge in [0, 0.05) is 30.4 Å². The van der Waals surface area contributed by atoms with Crippen LogP contribution in [-0.2, 0) is 14.3 Å². The molecule has 0 radical (unpaired) electrons. The second-order valence-corrected chi connectivity index (χ2v) is 6.70. The predicted molar refractivity (Wildman–Crippen MR) is 111 cm³/mol. The highest BCUT2D eigenvalue weighted by atomic mass is 16.6. The van der Waals surface area contributed by atoms with Gasteiger partial charge in [0.2, 0.25) is 5.91 Å². The normalized spacial score (nSPS) is 13.1. The lowest BCUT2D eigenvalue weighted by molar-refractivity contribution is -0.385. The molecule has 1 aliphatic heterocycles. The third-order valence-electron chi connectivity index (χ3n) is 4.54. The van der Waals surface area contributed by atoms with E-state index in [0.717, 1.165) is 12.5 Å². The Balaban J connectivity index is 1.60. The highest BCUT2D eigenvalue weighted by molar-refractivity contribution is 5.98. The van der Waals surface area contributed by atoms with Crippen molar-refractivity contribution in [3.63, 3.8) is 0 Å². The van der Waals surface area contributed by atoms with E-state index in [0.29, 0.717) is 24.3 Å². The molecule has 0 aromatic heterocycles. The van der Waals surface area contributed by atoms with Crippen LogP contribution in [0.5, 0.6) is 5.75 Å². The van der Waals surface area contributed by atoms with Crippen LogP contribution in [0.25, 0.3) is 0 Å². The molecule has 1 N–H and O–H groups in total. The molecule has 3 rings (SSSR count). The summed E-state index contributed by atoms with van der Waals surface area (Å²) in [5.74, 6) is -1.39. The van der Waals surface area contributed by atoms with Crippen LogP contribution >= 0.6 is 0 Å². The zero-order chi connectivity index (χ0) is 22.4. The summed E-state index contributed by atoms with van der Waals surface area (Å²) >= 11 is 0. The van der Waals surface area contributed by atoms with E-state index in [2.05, 4.69) is 5.32 Å². The maximum atomic E-state index is 12.2. The standard InChI is InChI=1S/C21H21N3O7/c1-2-30-18-9-8-14(11-17(18)24(28)29)21(27)31-13-19(25)22-15-5-3-6-16(12-15)23-10-4-7-20(23)26/h3,5-6,8-9,11-12H,2,4,7,10,13H2,1H3,(H,22,25). The molecule has 162 valence electrons. The first-order valence-corrected chi connectivity index (χ1v) is 9.67. The zero-order valence-corrected chi connectivity index (χ0v) is 16.8. The van der Waals surface area contributed by atoms with Crippen LogP contribution < -0.4 is 15.0 Å². The minimum absolute atomic E-state index is 0.0295. The molecule has 0 saturated carbocycles. The van der Waals surface area contributed by atoms with Crippen molar-refractivity contribution in [3.8, 4) is 5.75 Å². The summed E-state index contributed by atoms with van der Waals surface area (Å²) < 4.78 is 10.1. The van der Waals surface area contributed by atoms with E-state index in [-0.39, 0.29) is 29.5 Å². The average molecular weight is 427 g/mol. The predicted octanol–water partition coefficient (Wildman–Crippen LogP) is 2.92. The third-order valence-corrected chi connectivity index (χ3v) is 4.54. The first kappa shape index (κ1) is 21.8. The van der Waals surface area contributed by atoms with Crippen LogP contribution in [-0.4, -0.2) is 42.5 Å². The Morgan fingerprint density at radius 1 is 1.23 bits per heavy atom. The molecule has 1 aliphatic rings. The van der Waals surface area contributed by atoms with Crippen molar-refractivity contribution in [1.82, 2.24) is 0 Å². The van der Waals surface area contributed by atoms with E-state index in [9.17, 15) is 24.5 Å². The quantitative estimate of drug-likeness (QED) is 0.390. The first-order valence-electron chi connectivity index (χ1n) is 9.67. The fraction of sp³-hybridized carbons (Fsp3) is 0.286. The molecule has 1 saturated heterocycles. The van der Waals surface area contributed by atoms with E-state index in [1.807, 2.05) is 0 Å². The molecular formula is C21H21N3O7. The number of rotatable bonds is 8. The molecule has 10 heteroatoms. The molecule has 0 atom stereocenters. The number of nitrogens with zero attached hydrogens (tertiary/aromatic N) is 2. The summed E-state index contributed by atoms with van der Waals surface area (Å²) in [6.07, 6.45) is 1.28.